The van der Waals surface area contributed by atoms with E-state index in [9.17, 15) is 0 Å². The number of rotatable bonds is 4. The first-order valence-corrected chi connectivity index (χ1v) is 24.1. The maximum atomic E-state index is 6.89. The maximum absolute atomic E-state index is 6.89. The third-order valence-electron chi connectivity index (χ3n) is 15.3. The summed E-state index contributed by atoms with van der Waals surface area (Å²) in [5, 5.41) is 7.20. The van der Waals surface area contributed by atoms with Gasteiger partial charge in [-0.25, -0.2) is 0 Å². The summed E-state index contributed by atoms with van der Waals surface area (Å²) in [7, 11) is 0. The lowest BCUT2D eigenvalue weighted by Gasteiger charge is -2.39. The van der Waals surface area contributed by atoms with Gasteiger partial charge in [-0.1, -0.05) is 121 Å². The zero-order valence-corrected chi connectivity index (χ0v) is 38.0. The highest BCUT2D eigenvalue weighted by Crippen LogP contribution is 2.62. The molecule has 1 atom stereocenters. The second-order valence-corrected chi connectivity index (χ2v) is 18.8. The van der Waals surface area contributed by atoms with Crippen LogP contribution in [0.25, 0.3) is 105 Å². The summed E-state index contributed by atoms with van der Waals surface area (Å²) in [5.41, 5.74) is 17.2. The van der Waals surface area contributed by atoms with E-state index in [2.05, 4.69) is 220 Å². The molecule has 0 bridgehead atoms. The van der Waals surface area contributed by atoms with E-state index in [1.54, 1.807) is 0 Å². The Balaban J connectivity index is 0.894. The minimum absolute atomic E-state index is 0.782. The first-order chi connectivity index (χ1) is 35.2. The average molecular weight is 907 g/mol. The highest BCUT2D eigenvalue weighted by molar-refractivity contribution is 6.12. The molecule has 2 aliphatic rings. The van der Waals surface area contributed by atoms with Crippen LogP contribution in [0, 0.1) is 0 Å². The van der Waals surface area contributed by atoms with E-state index in [4.69, 9.17) is 19.7 Å². The molecule has 7 nitrogen and oxygen atoms in total. The third kappa shape index (κ3) is 5.13. The maximum Gasteiger partial charge on any atom is 0.132 e. The molecule has 1 unspecified atom stereocenters. The topological polar surface area (TPSA) is 62.7 Å². The van der Waals surface area contributed by atoms with Gasteiger partial charge in [-0.2, -0.15) is 0 Å². The van der Waals surface area contributed by atoms with E-state index in [0.717, 1.165) is 112 Å². The number of benzene rings is 8. The average Bonchev–Trinajstić information content (AvgIpc) is 4.15. The van der Waals surface area contributed by atoms with Crippen molar-refractivity contribution in [2.75, 3.05) is 0 Å². The van der Waals surface area contributed by atoms with Crippen LogP contribution in [-0.2, 0) is 5.41 Å². The van der Waals surface area contributed by atoms with Gasteiger partial charge in [0.15, 0.2) is 0 Å². The van der Waals surface area contributed by atoms with Gasteiger partial charge in [-0.15, -0.1) is 0 Å². The number of ether oxygens (including phenoxy) is 1. The number of para-hydroxylation sites is 6. The summed E-state index contributed by atoms with van der Waals surface area (Å²) < 4.78 is 14.0. The minimum Gasteiger partial charge on any atom is -0.457 e. The van der Waals surface area contributed by atoms with Gasteiger partial charge in [0.1, 0.15) is 11.5 Å². The Morgan fingerprint density at radius 3 is 1.46 bits per heavy atom. The van der Waals surface area contributed by atoms with Crippen LogP contribution in [0.5, 0.6) is 11.5 Å². The van der Waals surface area contributed by atoms with Gasteiger partial charge < -0.3 is 18.4 Å². The van der Waals surface area contributed by atoms with Crippen molar-refractivity contribution in [2.24, 2.45) is 0 Å². The monoisotopic (exact) mass is 906 g/mol. The van der Waals surface area contributed by atoms with Crippen molar-refractivity contribution >= 4 is 65.4 Å². The molecule has 330 valence electrons. The quantitative estimate of drug-likeness (QED) is 0.176. The number of hydrogen-bond acceptors (Lipinski definition) is 4. The van der Waals surface area contributed by atoms with E-state index in [0.29, 0.717) is 0 Å². The lowest BCUT2D eigenvalue weighted by molar-refractivity contribution is 0.436. The van der Waals surface area contributed by atoms with Crippen LogP contribution in [0.2, 0.25) is 0 Å². The van der Waals surface area contributed by atoms with Gasteiger partial charge in [0.25, 0.3) is 0 Å². The summed E-state index contributed by atoms with van der Waals surface area (Å²) >= 11 is 0. The van der Waals surface area contributed by atoms with Gasteiger partial charge in [0, 0.05) is 72.7 Å². The van der Waals surface area contributed by atoms with Gasteiger partial charge in [-0.05, 0) is 96.1 Å². The van der Waals surface area contributed by atoms with E-state index >= 15 is 0 Å². The first-order valence-electron chi connectivity index (χ1n) is 24.1. The molecule has 1 aliphatic heterocycles. The van der Waals surface area contributed by atoms with Crippen molar-refractivity contribution in [1.29, 1.82) is 0 Å². The van der Waals surface area contributed by atoms with E-state index in [1.165, 1.54) is 26.9 Å². The number of nitrogens with zero attached hydrogens (tertiary/aromatic N) is 6. The summed E-state index contributed by atoms with van der Waals surface area (Å²) in [6.07, 6.45) is 7.85. The molecule has 8 aromatic carbocycles. The third-order valence-corrected chi connectivity index (χ3v) is 15.3. The fraction of sp³-hybridized carbons (Fsp3) is 0.0156. The minimum atomic E-state index is -0.782. The molecular weight excluding hydrogens is 869 g/mol. The fourth-order valence-electron chi connectivity index (χ4n) is 12.4. The van der Waals surface area contributed by atoms with Crippen LogP contribution in [0.3, 0.4) is 0 Å². The highest BCUT2D eigenvalue weighted by Gasteiger charge is 2.52. The van der Waals surface area contributed by atoms with E-state index < -0.39 is 5.41 Å². The van der Waals surface area contributed by atoms with Gasteiger partial charge in [0.05, 0.1) is 73.7 Å². The van der Waals surface area contributed by atoms with Crippen LogP contribution in [-0.4, -0.2) is 28.7 Å². The highest BCUT2D eigenvalue weighted by atomic mass is 16.5. The Labute approximate surface area is 406 Å². The second kappa shape index (κ2) is 14.2. The van der Waals surface area contributed by atoms with Crippen molar-refractivity contribution in [1.82, 2.24) is 28.7 Å². The first kappa shape index (κ1) is 38.4. The van der Waals surface area contributed by atoms with Gasteiger partial charge >= 0.3 is 0 Å². The normalized spacial score (nSPS) is 14.6. The van der Waals surface area contributed by atoms with Crippen molar-refractivity contribution in [3.05, 3.63) is 253 Å². The molecule has 71 heavy (non-hydrogen) atoms. The van der Waals surface area contributed by atoms with Crippen LogP contribution in [0.4, 0.5) is 0 Å². The Morgan fingerprint density at radius 1 is 0.324 bits per heavy atom. The predicted octanol–water partition coefficient (Wildman–Crippen LogP) is 15.3. The van der Waals surface area contributed by atoms with Gasteiger partial charge in [0.2, 0.25) is 0 Å². The molecule has 14 aromatic rings. The van der Waals surface area contributed by atoms with Crippen molar-refractivity contribution < 1.29 is 4.74 Å². The number of aromatic nitrogens is 6. The summed E-state index contributed by atoms with van der Waals surface area (Å²) in [5.74, 6) is 1.64. The van der Waals surface area contributed by atoms with Crippen LogP contribution >= 0.6 is 0 Å². The molecule has 6 aromatic heterocycles. The summed E-state index contributed by atoms with van der Waals surface area (Å²) in [6, 6.07) is 74.2. The smallest absolute Gasteiger partial charge is 0.132 e. The standard InChI is InChI=1S/C64H38N6O/c1-7-21-54-44(14-1)45-15-2-8-22-55(45)68(54)41-28-30-61-52(35-41)64(50-19-6-12-26-60(50)71-61)51-20-13-31-66-62(51)63-53(64)33-40(36-67-63)39-27-29-59-49(32-39)48-18-5-11-25-58(48)70(59)43-34-42(37-65-38-43)69-56-23-9-3-16-46(56)47-17-4-10-24-57(47)69/h1-38H. The Bertz CT molecular complexity index is 4490. The summed E-state index contributed by atoms with van der Waals surface area (Å²) in [6.45, 7) is 0. The molecule has 0 amide bonds. The molecule has 7 heteroatoms. The number of pyridine rings is 3. The Hall–Kier alpha value is -9.59. The SMILES string of the molecule is c1ccc2c(c1)Oc1ccc(-n3c4ccccc4c4ccccc43)cc1C21c2cccnc2-c2ncc(-c3ccc4c(c3)c3ccccc3n4-c3cncc(-n4c5ccccc5c5ccccc54)c3)cc21. The molecule has 1 aliphatic carbocycles. The number of fused-ring (bicyclic) bond motifs is 18. The molecule has 0 radical (unpaired) electrons. The van der Waals surface area contributed by atoms with Crippen molar-refractivity contribution in [2.45, 2.75) is 5.41 Å². The molecule has 16 rings (SSSR count). The lowest BCUT2D eigenvalue weighted by atomic mass is 9.66. The molecule has 1 spiro atoms. The molecule has 0 fully saturated rings. The molecule has 7 heterocycles. The van der Waals surface area contributed by atoms with Gasteiger partial charge in [-0.3, -0.25) is 15.0 Å². The Kier molecular flexibility index (Phi) is 7.69. The van der Waals surface area contributed by atoms with Crippen LogP contribution in [0.15, 0.2) is 231 Å². The van der Waals surface area contributed by atoms with E-state index in [1.807, 2.05) is 24.8 Å². The summed E-state index contributed by atoms with van der Waals surface area (Å²) in [4.78, 5) is 15.4. The van der Waals surface area contributed by atoms with Crippen molar-refractivity contribution in [3.8, 4) is 51.1 Å². The zero-order chi connectivity index (χ0) is 46.4. The van der Waals surface area contributed by atoms with Crippen LogP contribution in [0.1, 0.15) is 22.3 Å². The number of hydrogen-bond donors (Lipinski definition) is 0. The Morgan fingerprint density at radius 2 is 0.831 bits per heavy atom. The fourth-order valence-corrected chi connectivity index (χ4v) is 12.4. The zero-order valence-electron chi connectivity index (χ0n) is 38.0. The molecule has 0 saturated carbocycles. The van der Waals surface area contributed by atoms with E-state index in [-0.39, 0.29) is 0 Å². The lowest BCUT2D eigenvalue weighted by Crippen LogP contribution is -2.32. The predicted molar refractivity (Wildman–Crippen MR) is 286 cm³/mol. The van der Waals surface area contributed by atoms with Crippen molar-refractivity contribution in [3.63, 3.8) is 0 Å². The second-order valence-electron chi connectivity index (χ2n) is 18.8. The molecule has 0 saturated heterocycles. The van der Waals surface area contributed by atoms with Crippen LogP contribution < -0.4 is 4.74 Å². The largest absolute Gasteiger partial charge is 0.457 e. The molecule has 0 N–H and O–H groups in total. The molecular formula is C64H38N6O.